The van der Waals surface area contributed by atoms with Crippen LogP contribution in [-0.4, -0.2) is 46.8 Å². The van der Waals surface area contributed by atoms with Crippen molar-refractivity contribution in [1.29, 1.82) is 0 Å². The van der Waals surface area contributed by atoms with Crippen LogP contribution in [0.15, 0.2) is 65.4 Å². The van der Waals surface area contributed by atoms with Gasteiger partial charge in [0.15, 0.2) is 5.65 Å². The van der Waals surface area contributed by atoms with E-state index >= 15 is 0 Å². The molecule has 0 unspecified atom stereocenters. The second kappa shape index (κ2) is 7.40. The van der Waals surface area contributed by atoms with Gasteiger partial charge in [0.1, 0.15) is 17.4 Å². The molecule has 1 amide bonds. The number of carbonyl (C=O) groups excluding carboxylic acids is 1. The maximum Gasteiger partial charge on any atom is 0.256 e. The maximum absolute atomic E-state index is 12.7. The van der Waals surface area contributed by atoms with Gasteiger partial charge in [-0.25, -0.2) is 4.98 Å². The molecule has 4 aromatic rings. The van der Waals surface area contributed by atoms with E-state index in [0.717, 1.165) is 30.2 Å². The fourth-order valence-corrected chi connectivity index (χ4v) is 3.40. The van der Waals surface area contributed by atoms with Gasteiger partial charge in [0, 0.05) is 36.3 Å². The van der Waals surface area contributed by atoms with Crippen molar-refractivity contribution >= 4 is 23.2 Å². The van der Waals surface area contributed by atoms with Gasteiger partial charge in [-0.15, -0.1) is 0 Å². The van der Waals surface area contributed by atoms with E-state index in [1.54, 1.807) is 29.1 Å². The number of rotatable bonds is 4. The Kier molecular flexibility index (Phi) is 4.45. The lowest BCUT2D eigenvalue weighted by Gasteiger charge is -2.29. The van der Waals surface area contributed by atoms with Crippen LogP contribution in [0.4, 0.5) is 11.6 Å². The van der Waals surface area contributed by atoms with Gasteiger partial charge in [0.05, 0.1) is 25.7 Å². The molecule has 0 atom stereocenters. The van der Waals surface area contributed by atoms with E-state index in [9.17, 15) is 4.79 Å². The molecule has 3 aromatic heterocycles. The van der Waals surface area contributed by atoms with Crippen molar-refractivity contribution in [2.75, 3.05) is 36.5 Å². The molecule has 1 saturated heterocycles. The fraction of sp³-hybridized carbons (Fsp3) is 0.190. The van der Waals surface area contributed by atoms with E-state index < -0.39 is 0 Å². The predicted molar refractivity (Wildman–Crippen MR) is 108 cm³/mol. The third kappa shape index (κ3) is 3.45. The minimum atomic E-state index is -0.222. The van der Waals surface area contributed by atoms with Gasteiger partial charge in [-0.2, -0.15) is 9.61 Å². The molecule has 146 valence electrons. The number of carbonyl (C=O) groups is 1. The summed E-state index contributed by atoms with van der Waals surface area (Å²) in [5.41, 5.74) is 2.14. The van der Waals surface area contributed by atoms with E-state index in [-0.39, 0.29) is 5.91 Å². The van der Waals surface area contributed by atoms with Crippen LogP contribution < -0.4 is 10.2 Å². The molecule has 8 nitrogen and oxygen atoms in total. The number of morpholine rings is 1. The number of hydrogen-bond donors (Lipinski definition) is 1. The minimum absolute atomic E-state index is 0.222. The van der Waals surface area contributed by atoms with E-state index in [0.29, 0.717) is 30.2 Å². The highest BCUT2D eigenvalue weighted by Gasteiger charge is 2.17. The third-order valence-corrected chi connectivity index (χ3v) is 4.87. The van der Waals surface area contributed by atoms with Crippen molar-refractivity contribution in [3.8, 4) is 11.3 Å². The summed E-state index contributed by atoms with van der Waals surface area (Å²) in [6.07, 6.45) is 3.32. The summed E-state index contributed by atoms with van der Waals surface area (Å²) in [6.45, 7) is 2.85. The Morgan fingerprint density at radius 2 is 1.90 bits per heavy atom. The number of hydrogen-bond acceptors (Lipinski definition) is 6. The highest BCUT2D eigenvalue weighted by Crippen LogP contribution is 2.23. The number of amides is 1. The topological polar surface area (TPSA) is 84.9 Å². The van der Waals surface area contributed by atoms with Crippen LogP contribution in [0.1, 0.15) is 10.4 Å². The van der Waals surface area contributed by atoms with Gasteiger partial charge < -0.3 is 19.4 Å². The molecule has 1 N–H and O–H groups in total. The summed E-state index contributed by atoms with van der Waals surface area (Å²) in [6, 6.07) is 14.6. The van der Waals surface area contributed by atoms with Gasteiger partial charge >= 0.3 is 0 Å². The second-order valence-corrected chi connectivity index (χ2v) is 6.71. The predicted octanol–water partition coefficient (Wildman–Crippen LogP) is 3.08. The van der Waals surface area contributed by atoms with Crippen molar-refractivity contribution < 1.29 is 13.9 Å². The van der Waals surface area contributed by atoms with Gasteiger partial charge in [0.25, 0.3) is 5.91 Å². The smallest absolute Gasteiger partial charge is 0.256 e. The van der Waals surface area contributed by atoms with Crippen LogP contribution in [0.3, 0.4) is 0 Å². The Hall–Kier alpha value is -3.65. The number of furan rings is 1. The Balaban J connectivity index is 1.40. The number of anilines is 2. The fourth-order valence-electron chi connectivity index (χ4n) is 3.40. The normalized spacial score (nSPS) is 14.3. The minimum Gasteiger partial charge on any atom is -0.464 e. The van der Waals surface area contributed by atoms with Gasteiger partial charge in [-0.1, -0.05) is 12.1 Å². The van der Waals surface area contributed by atoms with Crippen LogP contribution in [0, 0.1) is 0 Å². The lowest BCUT2D eigenvalue weighted by atomic mass is 10.1. The Bertz CT molecular complexity index is 1130. The highest BCUT2D eigenvalue weighted by molar-refractivity contribution is 6.04. The van der Waals surface area contributed by atoms with Crippen LogP contribution >= 0.6 is 0 Å². The zero-order chi connectivity index (χ0) is 19.6. The summed E-state index contributed by atoms with van der Waals surface area (Å²) in [7, 11) is 0. The number of nitrogens with zero attached hydrogens (tertiary/aromatic N) is 4. The SMILES string of the molecule is O=C(Nc1cc(N2CCOCC2)n2nccc2n1)c1ccc(-c2ccco2)cc1. The van der Waals surface area contributed by atoms with Gasteiger partial charge in [-0.05, 0) is 24.3 Å². The molecule has 5 rings (SSSR count). The molecule has 1 fully saturated rings. The Morgan fingerprint density at radius 3 is 2.66 bits per heavy atom. The first-order valence-corrected chi connectivity index (χ1v) is 9.41. The average Bonchev–Trinajstić information content (AvgIpc) is 3.46. The van der Waals surface area contributed by atoms with Crippen LogP contribution in [-0.2, 0) is 4.74 Å². The van der Waals surface area contributed by atoms with Crippen molar-refractivity contribution in [3.05, 3.63) is 66.6 Å². The monoisotopic (exact) mass is 389 g/mol. The number of benzene rings is 1. The van der Waals surface area contributed by atoms with E-state index in [1.165, 1.54) is 0 Å². The molecule has 0 bridgehead atoms. The number of fused-ring (bicyclic) bond motifs is 1. The van der Waals surface area contributed by atoms with Crippen LogP contribution in [0.5, 0.6) is 0 Å². The van der Waals surface area contributed by atoms with Gasteiger partial charge in [0.2, 0.25) is 0 Å². The quantitative estimate of drug-likeness (QED) is 0.577. The molecule has 29 heavy (non-hydrogen) atoms. The van der Waals surface area contributed by atoms with Crippen LogP contribution in [0.25, 0.3) is 17.0 Å². The number of ether oxygens (including phenoxy) is 1. The summed E-state index contributed by atoms with van der Waals surface area (Å²) in [5.74, 6) is 1.91. The molecule has 0 radical (unpaired) electrons. The molecule has 1 aromatic carbocycles. The Labute approximate surface area is 166 Å². The molecular formula is C21H19N5O3. The molecule has 1 aliphatic heterocycles. The third-order valence-electron chi connectivity index (χ3n) is 4.87. The van der Waals surface area contributed by atoms with Crippen molar-refractivity contribution in [2.24, 2.45) is 0 Å². The molecule has 4 heterocycles. The number of nitrogens with one attached hydrogen (secondary N) is 1. The van der Waals surface area contributed by atoms with E-state index in [4.69, 9.17) is 9.15 Å². The maximum atomic E-state index is 12.7. The zero-order valence-corrected chi connectivity index (χ0v) is 15.6. The van der Waals surface area contributed by atoms with Gasteiger partial charge in [-0.3, -0.25) is 4.79 Å². The lowest BCUT2D eigenvalue weighted by Crippen LogP contribution is -2.37. The van der Waals surface area contributed by atoms with Crippen molar-refractivity contribution in [1.82, 2.24) is 14.6 Å². The first kappa shape index (κ1) is 17.4. The molecule has 0 saturated carbocycles. The molecule has 8 heteroatoms. The second-order valence-electron chi connectivity index (χ2n) is 6.71. The van der Waals surface area contributed by atoms with E-state index in [2.05, 4.69) is 20.3 Å². The van der Waals surface area contributed by atoms with Crippen molar-refractivity contribution in [3.63, 3.8) is 0 Å². The van der Waals surface area contributed by atoms with E-state index in [1.807, 2.05) is 36.4 Å². The number of aromatic nitrogens is 3. The average molecular weight is 389 g/mol. The molecule has 0 spiro atoms. The summed E-state index contributed by atoms with van der Waals surface area (Å²) in [5, 5.41) is 7.26. The first-order chi connectivity index (χ1) is 14.3. The standard InChI is InChI=1S/C21H19N5O3/c27-21(16-5-3-15(4-6-16)17-2-1-11-29-17)24-18-14-20(25-9-12-28-13-10-25)26-19(23-18)7-8-22-26/h1-8,11,14H,9-10,12-13H2,(H,23,24,27). The van der Waals surface area contributed by atoms with Crippen LogP contribution in [0.2, 0.25) is 0 Å². The van der Waals surface area contributed by atoms with Crippen molar-refractivity contribution in [2.45, 2.75) is 0 Å². The lowest BCUT2D eigenvalue weighted by molar-refractivity contribution is 0.102. The molecule has 1 aliphatic rings. The highest BCUT2D eigenvalue weighted by atomic mass is 16.5. The molecular weight excluding hydrogens is 370 g/mol. The summed E-state index contributed by atoms with van der Waals surface area (Å²) < 4.78 is 12.6. The Morgan fingerprint density at radius 1 is 1.07 bits per heavy atom. The molecule has 0 aliphatic carbocycles. The first-order valence-electron chi connectivity index (χ1n) is 9.41. The zero-order valence-electron chi connectivity index (χ0n) is 15.6. The summed E-state index contributed by atoms with van der Waals surface area (Å²) in [4.78, 5) is 19.4. The summed E-state index contributed by atoms with van der Waals surface area (Å²) >= 11 is 0. The largest absolute Gasteiger partial charge is 0.464 e.